The van der Waals surface area contributed by atoms with E-state index in [9.17, 15) is 0 Å². The van der Waals surface area contributed by atoms with Crippen molar-refractivity contribution in [3.63, 3.8) is 0 Å². The van der Waals surface area contributed by atoms with Gasteiger partial charge in [0.1, 0.15) is 5.75 Å². The number of hydrogen-bond donors (Lipinski definition) is 1. The van der Waals surface area contributed by atoms with Crippen molar-refractivity contribution in [1.82, 2.24) is 9.55 Å². The first-order valence-electron chi connectivity index (χ1n) is 6.92. The van der Waals surface area contributed by atoms with Gasteiger partial charge in [0, 0.05) is 24.5 Å². The third-order valence-electron chi connectivity index (χ3n) is 3.74. The largest absolute Gasteiger partial charge is 0.495 e. The van der Waals surface area contributed by atoms with Gasteiger partial charge in [-0.2, -0.15) is 0 Å². The summed E-state index contributed by atoms with van der Waals surface area (Å²) in [4.78, 5) is 4.43. The van der Waals surface area contributed by atoms with E-state index in [4.69, 9.17) is 4.74 Å². The Morgan fingerprint density at radius 1 is 1.35 bits per heavy atom. The van der Waals surface area contributed by atoms with Crippen LogP contribution in [0.5, 0.6) is 5.75 Å². The van der Waals surface area contributed by atoms with Gasteiger partial charge in [0.05, 0.1) is 17.3 Å². The molecule has 1 N–H and O–H groups in total. The van der Waals surface area contributed by atoms with Crippen LogP contribution in [0.4, 0.5) is 5.95 Å². The lowest BCUT2D eigenvalue weighted by Gasteiger charge is -2.15. The Labute approximate surface area is 127 Å². The van der Waals surface area contributed by atoms with E-state index < -0.39 is 0 Å². The van der Waals surface area contributed by atoms with Gasteiger partial charge in [-0.25, -0.2) is 4.98 Å². The van der Waals surface area contributed by atoms with E-state index in [-0.39, 0.29) is 0 Å². The fraction of sp³-hybridized carbons (Fsp3) is 0.400. The Bertz CT molecular complexity index is 591. The second-order valence-electron chi connectivity index (χ2n) is 5.07. The molecule has 1 saturated carbocycles. The van der Waals surface area contributed by atoms with E-state index in [0.29, 0.717) is 6.04 Å². The van der Waals surface area contributed by atoms with Crippen molar-refractivity contribution in [3.8, 4) is 11.4 Å². The molecule has 3 rings (SSSR count). The number of methoxy groups -OCH3 is 1. The first-order chi connectivity index (χ1) is 9.78. The van der Waals surface area contributed by atoms with Crippen LogP contribution in [0, 0.1) is 0 Å². The highest BCUT2D eigenvalue weighted by molar-refractivity contribution is 9.10. The average molecular weight is 336 g/mol. The quantitative estimate of drug-likeness (QED) is 0.917. The number of aromatic nitrogens is 2. The van der Waals surface area contributed by atoms with Gasteiger partial charge in [0.25, 0.3) is 0 Å². The number of nitrogens with one attached hydrogen (secondary N) is 1. The number of benzene rings is 1. The van der Waals surface area contributed by atoms with E-state index in [2.05, 4.69) is 30.8 Å². The van der Waals surface area contributed by atoms with Crippen LogP contribution >= 0.6 is 15.9 Å². The molecule has 1 aromatic heterocycles. The smallest absolute Gasteiger partial charge is 0.207 e. The summed E-state index contributed by atoms with van der Waals surface area (Å²) in [6.45, 7) is 0. The molecule has 0 radical (unpaired) electrons. The van der Waals surface area contributed by atoms with Crippen LogP contribution in [-0.4, -0.2) is 22.7 Å². The number of rotatable bonds is 4. The minimum atomic E-state index is 0.550. The first-order valence-corrected chi connectivity index (χ1v) is 7.71. The van der Waals surface area contributed by atoms with Gasteiger partial charge in [-0.3, -0.25) is 4.57 Å². The third kappa shape index (κ3) is 2.68. The van der Waals surface area contributed by atoms with Crippen LogP contribution in [0.25, 0.3) is 5.69 Å². The minimum absolute atomic E-state index is 0.550. The third-order valence-corrected chi connectivity index (χ3v) is 4.40. The summed E-state index contributed by atoms with van der Waals surface area (Å²) in [6, 6.07) is 6.60. The van der Waals surface area contributed by atoms with Crippen molar-refractivity contribution in [2.75, 3.05) is 12.4 Å². The summed E-state index contributed by atoms with van der Waals surface area (Å²) in [5.74, 6) is 1.73. The van der Waals surface area contributed by atoms with Gasteiger partial charge in [0.2, 0.25) is 5.95 Å². The highest BCUT2D eigenvalue weighted by atomic mass is 79.9. The Morgan fingerprint density at radius 3 is 2.90 bits per heavy atom. The summed E-state index contributed by atoms with van der Waals surface area (Å²) in [7, 11) is 1.68. The van der Waals surface area contributed by atoms with E-state index in [1.54, 1.807) is 7.11 Å². The van der Waals surface area contributed by atoms with Gasteiger partial charge in [-0.05, 0) is 40.9 Å². The maximum atomic E-state index is 5.36. The van der Waals surface area contributed by atoms with Gasteiger partial charge in [0.15, 0.2) is 0 Å². The van der Waals surface area contributed by atoms with Gasteiger partial charge >= 0.3 is 0 Å². The second-order valence-corrected chi connectivity index (χ2v) is 5.92. The minimum Gasteiger partial charge on any atom is -0.495 e. The van der Waals surface area contributed by atoms with E-state index in [0.717, 1.165) is 21.9 Å². The zero-order valence-electron chi connectivity index (χ0n) is 11.5. The summed E-state index contributed by atoms with van der Waals surface area (Å²) in [6.07, 6.45) is 8.88. The molecule has 0 saturated heterocycles. The zero-order chi connectivity index (χ0) is 13.9. The predicted octanol–water partition coefficient (Wildman–Crippen LogP) is 4.00. The van der Waals surface area contributed by atoms with Crippen molar-refractivity contribution in [1.29, 1.82) is 0 Å². The summed E-state index contributed by atoms with van der Waals surface area (Å²) >= 11 is 3.48. The molecule has 0 atom stereocenters. The highest BCUT2D eigenvalue weighted by Crippen LogP contribution is 2.29. The van der Waals surface area contributed by atoms with Crippen LogP contribution in [-0.2, 0) is 0 Å². The molecule has 106 valence electrons. The molecule has 4 nitrogen and oxygen atoms in total. The molecule has 0 aliphatic heterocycles. The number of ether oxygens (including phenoxy) is 1. The molecular formula is C15H18BrN3O. The first kappa shape index (κ1) is 13.5. The molecule has 0 spiro atoms. The second kappa shape index (κ2) is 5.87. The Kier molecular flexibility index (Phi) is 3.96. The number of imidazole rings is 1. The van der Waals surface area contributed by atoms with E-state index >= 15 is 0 Å². The maximum Gasteiger partial charge on any atom is 0.207 e. The zero-order valence-corrected chi connectivity index (χ0v) is 13.1. The molecule has 1 aliphatic carbocycles. The van der Waals surface area contributed by atoms with Crippen molar-refractivity contribution in [2.45, 2.75) is 31.7 Å². The number of nitrogens with zero attached hydrogens (tertiary/aromatic N) is 2. The van der Waals surface area contributed by atoms with Gasteiger partial charge < -0.3 is 10.1 Å². The van der Waals surface area contributed by atoms with E-state index in [1.807, 2.05) is 30.6 Å². The topological polar surface area (TPSA) is 39.1 Å². The Morgan fingerprint density at radius 2 is 2.15 bits per heavy atom. The average Bonchev–Trinajstić information content (AvgIpc) is 3.12. The van der Waals surface area contributed by atoms with Crippen molar-refractivity contribution >= 4 is 21.9 Å². The molecule has 0 bridgehead atoms. The number of anilines is 1. The van der Waals surface area contributed by atoms with Gasteiger partial charge in [-0.15, -0.1) is 0 Å². The molecule has 20 heavy (non-hydrogen) atoms. The SMILES string of the molecule is COc1cc(-n2ccnc2NC2CCCC2)ccc1Br. The Balaban J connectivity index is 1.88. The molecule has 1 heterocycles. The van der Waals surface area contributed by atoms with Crippen molar-refractivity contribution < 1.29 is 4.74 Å². The molecular weight excluding hydrogens is 318 g/mol. The molecule has 2 aromatic rings. The summed E-state index contributed by atoms with van der Waals surface area (Å²) in [5.41, 5.74) is 1.04. The molecule has 1 aromatic carbocycles. The normalized spacial score (nSPS) is 15.5. The molecule has 1 aliphatic rings. The number of halogens is 1. The van der Waals surface area contributed by atoms with Crippen LogP contribution < -0.4 is 10.1 Å². The van der Waals surface area contributed by atoms with Crippen LogP contribution in [0.15, 0.2) is 35.1 Å². The summed E-state index contributed by atoms with van der Waals surface area (Å²) in [5, 5.41) is 3.54. The standard InChI is InChI=1S/C15H18BrN3O/c1-20-14-10-12(6-7-13(14)16)19-9-8-17-15(19)18-11-4-2-3-5-11/h6-11H,2-5H2,1H3,(H,17,18). The lowest BCUT2D eigenvalue weighted by molar-refractivity contribution is 0.412. The summed E-state index contributed by atoms with van der Waals surface area (Å²) < 4.78 is 8.37. The van der Waals surface area contributed by atoms with Crippen LogP contribution in [0.1, 0.15) is 25.7 Å². The fourth-order valence-electron chi connectivity index (χ4n) is 2.67. The van der Waals surface area contributed by atoms with Crippen molar-refractivity contribution in [2.24, 2.45) is 0 Å². The van der Waals surface area contributed by atoms with Crippen LogP contribution in [0.2, 0.25) is 0 Å². The fourth-order valence-corrected chi connectivity index (χ4v) is 3.08. The Hall–Kier alpha value is -1.49. The lowest BCUT2D eigenvalue weighted by Crippen LogP contribution is -2.17. The monoisotopic (exact) mass is 335 g/mol. The van der Waals surface area contributed by atoms with Gasteiger partial charge in [-0.1, -0.05) is 12.8 Å². The molecule has 5 heteroatoms. The highest BCUT2D eigenvalue weighted by Gasteiger charge is 2.17. The lowest BCUT2D eigenvalue weighted by atomic mass is 10.2. The molecule has 0 amide bonds. The number of hydrogen-bond acceptors (Lipinski definition) is 3. The maximum absolute atomic E-state index is 5.36. The van der Waals surface area contributed by atoms with Crippen LogP contribution in [0.3, 0.4) is 0 Å². The molecule has 1 fully saturated rings. The molecule has 0 unspecified atom stereocenters. The predicted molar refractivity (Wildman–Crippen MR) is 83.7 cm³/mol. The van der Waals surface area contributed by atoms with Crippen molar-refractivity contribution in [3.05, 3.63) is 35.1 Å². The van der Waals surface area contributed by atoms with E-state index in [1.165, 1.54) is 25.7 Å².